The van der Waals surface area contributed by atoms with E-state index in [9.17, 15) is 19.2 Å². The number of esters is 4. The lowest BCUT2D eigenvalue weighted by Gasteiger charge is -2.69. The minimum atomic E-state index is -0.892. The van der Waals surface area contributed by atoms with Crippen molar-refractivity contribution in [3.8, 4) is 0 Å². The summed E-state index contributed by atoms with van der Waals surface area (Å²) in [5.74, 6) is -1.09. The van der Waals surface area contributed by atoms with E-state index in [1.807, 2.05) is 6.92 Å². The zero-order chi connectivity index (χ0) is 33.4. The van der Waals surface area contributed by atoms with Crippen LogP contribution in [0.1, 0.15) is 114 Å². The molecule has 0 radical (unpaired) electrons. The van der Waals surface area contributed by atoms with Crippen LogP contribution in [0.15, 0.2) is 23.3 Å². The molecule has 5 aliphatic rings. The highest BCUT2D eigenvalue weighted by molar-refractivity contribution is 5.78. The Bertz CT molecular complexity index is 1340. The van der Waals surface area contributed by atoms with Gasteiger partial charge in [-0.2, -0.15) is 0 Å². The van der Waals surface area contributed by atoms with Gasteiger partial charge in [0.25, 0.3) is 0 Å². The minimum Gasteiger partial charge on any atom is -0.469 e. The molecule has 0 aliphatic heterocycles. The monoisotopic (exact) mass is 626 g/mol. The summed E-state index contributed by atoms with van der Waals surface area (Å²) in [6.45, 7) is 17.9. The fraction of sp³-hybridized carbons (Fsp3) is 0.784. The molecule has 8 nitrogen and oxygen atoms in total. The van der Waals surface area contributed by atoms with Crippen molar-refractivity contribution in [2.45, 2.75) is 126 Å². The van der Waals surface area contributed by atoms with Crippen LogP contribution in [-0.4, -0.2) is 49.8 Å². The molecular weight excluding hydrogens is 572 g/mol. The normalized spacial score (nSPS) is 43.1. The Balaban J connectivity index is 1.64. The highest BCUT2D eigenvalue weighted by Gasteiger charge is 2.70. The van der Waals surface area contributed by atoms with Crippen LogP contribution in [0.3, 0.4) is 0 Å². The number of allylic oxidation sites excluding steroid dienone is 3. The van der Waals surface area contributed by atoms with Gasteiger partial charge in [-0.05, 0) is 91.8 Å². The number of hydrogen-bond donors (Lipinski definition) is 0. The first-order valence-electron chi connectivity index (χ1n) is 16.8. The highest BCUT2D eigenvalue weighted by atomic mass is 16.6. The minimum absolute atomic E-state index is 0.0140. The number of methoxy groups -OCH3 is 1. The summed E-state index contributed by atoms with van der Waals surface area (Å²) in [4.78, 5) is 50.5. The Morgan fingerprint density at radius 1 is 0.822 bits per heavy atom. The topological polar surface area (TPSA) is 105 Å². The quantitative estimate of drug-likeness (QED) is 0.184. The van der Waals surface area contributed by atoms with Crippen molar-refractivity contribution in [1.29, 1.82) is 0 Å². The zero-order valence-electron chi connectivity index (χ0n) is 29.1. The Kier molecular flexibility index (Phi) is 8.22. The first kappa shape index (κ1) is 33.7. The summed E-state index contributed by atoms with van der Waals surface area (Å²) in [5.41, 5.74) is 0.525. The van der Waals surface area contributed by atoms with Gasteiger partial charge in [0.15, 0.2) is 6.10 Å². The largest absolute Gasteiger partial charge is 0.469 e. The van der Waals surface area contributed by atoms with Crippen LogP contribution in [-0.2, 0) is 38.1 Å². The molecule has 5 aliphatic carbocycles. The molecule has 0 unspecified atom stereocenters. The smallest absolute Gasteiger partial charge is 0.312 e. The van der Waals surface area contributed by atoms with E-state index in [1.165, 1.54) is 33.5 Å². The predicted molar refractivity (Wildman–Crippen MR) is 168 cm³/mol. The standard InChI is InChI=1S/C37H54O8/c1-22(38)43-21-34(7)28-13-14-36(9)29(33(28,6)20-27(44-23(2)39)30(34)45-24(3)40)12-11-25-26-19-32(4,5)15-17-37(26,31(41)42-10)18-16-35(25,36)8/h11,13,26-27,29-30H,12,14-21H2,1-10H3/t26-,27-,29+,30-,33-,34+,35+,36-,37+/m0/s1. The number of hydrogen-bond acceptors (Lipinski definition) is 8. The molecule has 0 saturated heterocycles. The zero-order valence-corrected chi connectivity index (χ0v) is 29.1. The lowest BCUT2D eigenvalue weighted by molar-refractivity contribution is -0.200. The highest BCUT2D eigenvalue weighted by Crippen LogP contribution is 2.75. The molecule has 0 aromatic carbocycles. The number of carbonyl (C=O) groups excluding carboxylic acids is 4. The van der Waals surface area contributed by atoms with Crippen LogP contribution in [0.4, 0.5) is 0 Å². The molecule has 0 aromatic rings. The van der Waals surface area contributed by atoms with Crippen LogP contribution in [0.5, 0.6) is 0 Å². The SMILES string of the molecule is COC(=O)[C@@]12CCC(C)(C)C[C@H]1C1=CC[C@@H]3[C@@]4(C)C[C@H](OC(C)=O)[C@H](OC(C)=O)[C@](C)(COC(C)=O)C4=CC[C@]3(C)[C@]1(C)CC2. The Morgan fingerprint density at radius 2 is 1.47 bits per heavy atom. The lowest BCUT2D eigenvalue weighted by Crippen LogP contribution is -2.65. The van der Waals surface area contributed by atoms with Crippen molar-refractivity contribution in [1.82, 2.24) is 0 Å². The molecule has 0 N–H and O–H groups in total. The molecule has 8 heteroatoms. The molecule has 0 bridgehead atoms. The van der Waals surface area contributed by atoms with E-state index < -0.39 is 46.4 Å². The molecule has 0 heterocycles. The molecule has 3 saturated carbocycles. The maximum atomic E-state index is 13.6. The molecule has 0 aromatic heterocycles. The third kappa shape index (κ3) is 4.99. The summed E-state index contributed by atoms with van der Waals surface area (Å²) in [6, 6.07) is 0. The van der Waals surface area contributed by atoms with E-state index in [0.717, 1.165) is 50.5 Å². The van der Waals surface area contributed by atoms with Crippen LogP contribution in [0, 0.1) is 44.3 Å². The van der Waals surface area contributed by atoms with Crippen molar-refractivity contribution in [3.63, 3.8) is 0 Å². The van der Waals surface area contributed by atoms with Gasteiger partial charge in [-0.15, -0.1) is 0 Å². The number of fused-ring (bicyclic) bond motifs is 7. The molecule has 0 amide bonds. The first-order chi connectivity index (χ1) is 20.8. The van der Waals surface area contributed by atoms with Crippen molar-refractivity contribution in [2.24, 2.45) is 44.3 Å². The first-order valence-corrected chi connectivity index (χ1v) is 16.8. The van der Waals surface area contributed by atoms with Gasteiger partial charge < -0.3 is 18.9 Å². The van der Waals surface area contributed by atoms with Crippen LogP contribution >= 0.6 is 0 Å². The maximum Gasteiger partial charge on any atom is 0.312 e. The number of rotatable bonds is 5. The van der Waals surface area contributed by atoms with Gasteiger partial charge in [0.1, 0.15) is 12.7 Å². The van der Waals surface area contributed by atoms with E-state index in [2.05, 4.69) is 46.8 Å². The van der Waals surface area contributed by atoms with Crippen molar-refractivity contribution >= 4 is 23.9 Å². The number of ether oxygens (including phenoxy) is 4. The average molecular weight is 627 g/mol. The summed E-state index contributed by atoms with van der Waals surface area (Å²) in [7, 11) is 1.53. The lowest BCUT2D eigenvalue weighted by atomic mass is 9.35. The summed E-state index contributed by atoms with van der Waals surface area (Å²) in [5, 5.41) is 0. The predicted octanol–water partition coefficient (Wildman–Crippen LogP) is 6.90. The molecule has 0 spiro atoms. The molecular formula is C37H54O8. The second-order valence-corrected chi connectivity index (χ2v) is 16.6. The van der Waals surface area contributed by atoms with Crippen LogP contribution < -0.4 is 0 Å². The van der Waals surface area contributed by atoms with Gasteiger partial charge in [-0.1, -0.05) is 57.9 Å². The van der Waals surface area contributed by atoms with Gasteiger partial charge >= 0.3 is 23.9 Å². The molecule has 5 rings (SSSR count). The molecule has 250 valence electrons. The second kappa shape index (κ2) is 11.0. The van der Waals surface area contributed by atoms with E-state index in [0.29, 0.717) is 6.42 Å². The molecule has 3 fully saturated rings. The Labute approximate surface area is 269 Å². The van der Waals surface area contributed by atoms with E-state index in [4.69, 9.17) is 18.9 Å². The van der Waals surface area contributed by atoms with E-state index in [1.54, 1.807) is 0 Å². The van der Waals surface area contributed by atoms with Gasteiger partial charge in [0.2, 0.25) is 0 Å². The molecule has 45 heavy (non-hydrogen) atoms. The summed E-state index contributed by atoms with van der Waals surface area (Å²) < 4.78 is 23.1. The summed E-state index contributed by atoms with van der Waals surface area (Å²) in [6.07, 6.45) is 9.90. The van der Waals surface area contributed by atoms with Gasteiger partial charge in [0.05, 0.1) is 17.9 Å². The maximum absolute atomic E-state index is 13.6. The Hall–Kier alpha value is -2.64. The van der Waals surface area contributed by atoms with Crippen molar-refractivity contribution < 1.29 is 38.1 Å². The Morgan fingerprint density at radius 3 is 2.07 bits per heavy atom. The average Bonchev–Trinajstić information content (AvgIpc) is 2.93. The number of carbonyl (C=O) groups is 4. The summed E-state index contributed by atoms with van der Waals surface area (Å²) >= 11 is 0. The fourth-order valence-electron chi connectivity index (χ4n) is 11.1. The van der Waals surface area contributed by atoms with Crippen molar-refractivity contribution in [2.75, 3.05) is 13.7 Å². The van der Waals surface area contributed by atoms with Gasteiger partial charge in [-0.3, -0.25) is 19.2 Å². The van der Waals surface area contributed by atoms with Crippen LogP contribution in [0.2, 0.25) is 0 Å². The fourth-order valence-corrected chi connectivity index (χ4v) is 11.1. The van der Waals surface area contributed by atoms with Gasteiger partial charge in [-0.25, -0.2) is 0 Å². The van der Waals surface area contributed by atoms with E-state index >= 15 is 0 Å². The molecule has 9 atom stereocenters. The van der Waals surface area contributed by atoms with Crippen molar-refractivity contribution in [3.05, 3.63) is 23.3 Å². The third-order valence-corrected chi connectivity index (χ3v) is 13.5. The third-order valence-electron chi connectivity index (χ3n) is 13.5. The second-order valence-electron chi connectivity index (χ2n) is 16.6. The van der Waals surface area contributed by atoms with Gasteiger partial charge in [0, 0.05) is 20.8 Å². The van der Waals surface area contributed by atoms with Crippen LogP contribution in [0.25, 0.3) is 0 Å². The van der Waals surface area contributed by atoms with E-state index in [-0.39, 0.29) is 40.7 Å².